The number of amides is 3. The molecule has 0 aliphatic carbocycles. The Morgan fingerprint density at radius 3 is 2.54 bits per heavy atom. The third-order valence-electron chi connectivity index (χ3n) is 5.17. The summed E-state index contributed by atoms with van der Waals surface area (Å²) in [5, 5.41) is 2.89. The molecule has 2 aliphatic heterocycles. The molecule has 1 unspecified atom stereocenters. The molecule has 1 aromatic rings. The van der Waals surface area contributed by atoms with Gasteiger partial charge in [0.1, 0.15) is 0 Å². The molecule has 2 aliphatic rings. The Labute approximate surface area is 154 Å². The topological polar surface area (TPSA) is 69.7 Å². The smallest absolute Gasteiger partial charge is 0.227 e. The summed E-state index contributed by atoms with van der Waals surface area (Å²) in [5.74, 6) is 0.312. The fourth-order valence-corrected chi connectivity index (χ4v) is 3.68. The fourth-order valence-electron chi connectivity index (χ4n) is 3.68. The number of anilines is 2. The van der Waals surface area contributed by atoms with Crippen molar-refractivity contribution in [2.24, 2.45) is 0 Å². The van der Waals surface area contributed by atoms with Gasteiger partial charge in [0, 0.05) is 49.8 Å². The van der Waals surface area contributed by atoms with Crippen LogP contribution >= 0.6 is 0 Å². The largest absolute Gasteiger partial charge is 0.343 e. The number of piperidine rings is 1. The molecule has 0 radical (unpaired) electrons. The second-order valence-electron chi connectivity index (χ2n) is 7.19. The van der Waals surface area contributed by atoms with Gasteiger partial charge in [-0.2, -0.15) is 0 Å². The van der Waals surface area contributed by atoms with E-state index in [2.05, 4.69) is 5.32 Å². The highest BCUT2D eigenvalue weighted by Crippen LogP contribution is 2.27. The zero-order valence-electron chi connectivity index (χ0n) is 15.4. The van der Waals surface area contributed by atoms with Crippen molar-refractivity contribution in [1.82, 2.24) is 4.90 Å². The first kappa shape index (κ1) is 18.4. The van der Waals surface area contributed by atoms with Crippen molar-refractivity contribution in [2.45, 2.75) is 57.9 Å². The number of benzene rings is 1. The van der Waals surface area contributed by atoms with E-state index < -0.39 is 0 Å². The zero-order chi connectivity index (χ0) is 18.5. The molecule has 0 spiro atoms. The van der Waals surface area contributed by atoms with E-state index >= 15 is 0 Å². The van der Waals surface area contributed by atoms with Crippen LogP contribution in [0.5, 0.6) is 0 Å². The summed E-state index contributed by atoms with van der Waals surface area (Å²) in [6.45, 7) is 3.52. The molecule has 6 heteroatoms. The number of nitrogens with zero attached hydrogens (tertiary/aromatic N) is 2. The Morgan fingerprint density at radius 1 is 1.12 bits per heavy atom. The molecule has 0 saturated carbocycles. The summed E-state index contributed by atoms with van der Waals surface area (Å²) in [4.78, 5) is 39.5. The Hall–Kier alpha value is -2.37. The van der Waals surface area contributed by atoms with Crippen LogP contribution in [0, 0.1) is 0 Å². The van der Waals surface area contributed by atoms with Crippen LogP contribution < -0.4 is 10.2 Å². The van der Waals surface area contributed by atoms with Crippen molar-refractivity contribution >= 4 is 29.1 Å². The summed E-state index contributed by atoms with van der Waals surface area (Å²) in [7, 11) is 0. The number of hydrogen-bond donors (Lipinski definition) is 1. The average Bonchev–Trinajstić information content (AvgIpc) is 2.96. The van der Waals surface area contributed by atoms with Crippen LogP contribution in [0.15, 0.2) is 24.3 Å². The van der Waals surface area contributed by atoms with Gasteiger partial charge in [-0.25, -0.2) is 0 Å². The van der Waals surface area contributed by atoms with Crippen LogP contribution in [0.3, 0.4) is 0 Å². The molecular weight excluding hydrogens is 330 g/mol. The van der Waals surface area contributed by atoms with E-state index in [1.165, 1.54) is 0 Å². The minimum Gasteiger partial charge on any atom is -0.343 e. The third-order valence-corrected chi connectivity index (χ3v) is 5.17. The molecule has 2 saturated heterocycles. The molecule has 6 nitrogen and oxygen atoms in total. The molecule has 1 N–H and O–H groups in total. The van der Waals surface area contributed by atoms with Crippen LogP contribution in [0.2, 0.25) is 0 Å². The maximum absolute atomic E-state index is 12.1. The van der Waals surface area contributed by atoms with E-state index in [1.54, 1.807) is 0 Å². The van der Waals surface area contributed by atoms with Gasteiger partial charge < -0.3 is 15.1 Å². The summed E-state index contributed by atoms with van der Waals surface area (Å²) >= 11 is 0. The first-order valence-corrected chi connectivity index (χ1v) is 9.54. The van der Waals surface area contributed by atoms with Gasteiger partial charge in [-0.3, -0.25) is 14.4 Å². The Morgan fingerprint density at radius 2 is 1.88 bits per heavy atom. The summed E-state index contributed by atoms with van der Waals surface area (Å²) < 4.78 is 0. The molecule has 0 aromatic heterocycles. The third kappa shape index (κ3) is 4.42. The van der Waals surface area contributed by atoms with Crippen molar-refractivity contribution in [3.05, 3.63) is 24.3 Å². The van der Waals surface area contributed by atoms with Gasteiger partial charge in [-0.15, -0.1) is 0 Å². The molecule has 2 fully saturated rings. The number of likely N-dealkylation sites (tertiary alicyclic amines) is 1. The number of rotatable bonds is 6. The SMILES string of the molecule is CC1CCC(=O)N1c1ccc(NC(=O)CCCN2CCCCC2=O)cc1. The molecule has 140 valence electrons. The van der Waals surface area contributed by atoms with Gasteiger partial charge in [0.05, 0.1) is 0 Å². The second-order valence-corrected chi connectivity index (χ2v) is 7.19. The van der Waals surface area contributed by atoms with E-state index in [4.69, 9.17) is 0 Å². The van der Waals surface area contributed by atoms with E-state index in [0.717, 1.165) is 37.2 Å². The standard InChI is InChI=1S/C20H27N3O3/c1-15-7-12-20(26)23(15)17-10-8-16(9-11-17)21-18(24)5-4-14-22-13-3-2-6-19(22)25/h8-11,15H,2-7,12-14H2,1H3,(H,21,24). The van der Waals surface area contributed by atoms with E-state index in [0.29, 0.717) is 32.2 Å². The lowest BCUT2D eigenvalue weighted by Crippen LogP contribution is -2.36. The van der Waals surface area contributed by atoms with Crippen molar-refractivity contribution in [3.63, 3.8) is 0 Å². The Balaban J connectivity index is 1.45. The summed E-state index contributed by atoms with van der Waals surface area (Å²) in [6.07, 6.45) is 5.23. The van der Waals surface area contributed by atoms with Gasteiger partial charge in [0.25, 0.3) is 0 Å². The first-order valence-electron chi connectivity index (χ1n) is 9.54. The number of carbonyl (C=O) groups excluding carboxylic acids is 3. The lowest BCUT2D eigenvalue weighted by Gasteiger charge is -2.26. The molecule has 3 amide bonds. The highest BCUT2D eigenvalue weighted by Gasteiger charge is 2.28. The predicted octanol–water partition coefficient (Wildman–Crippen LogP) is 2.93. The molecule has 1 aromatic carbocycles. The van der Waals surface area contributed by atoms with E-state index in [-0.39, 0.29) is 23.8 Å². The van der Waals surface area contributed by atoms with E-state index in [9.17, 15) is 14.4 Å². The first-order chi connectivity index (χ1) is 12.5. The minimum absolute atomic E-state index is 0.0483. The molecule has 1 atom stereocenters. The van der Waals surface area contributed by atoms with Crippen LogP contribution in [0.4, 0.5) is 11.4 Å². The van der Waals surface area contributed by atoms with E-state index in [1.807, 2.05) is 41.0 Å². The second kappa shape index (κ2) is 8.34. The van der Waals surface area contributed by atoms with Crippen molar-refractivity contribution < 1.29 is 14.4 Å². The fraction of sp³-hybridized carbons (Fsp3) is 0.550. The molecule has 3 rings (SSSR count). The minimum atomic E-state index is -0.0483. The number of hydrogen-bond acceptors (Lipinski definition) is 3. The molecule has 0 bridgehead atoms. The van der Waals surface area contributed by atoms with Crippen LogP contribution in [0.25, 0.3) is 0 Å². The highest BCUT2D eigenvalue weighted by atomic mass is 16.2. The Kier molecular flexibility index (Phi) is 5.91. The lowest BCUT2D eigenvalue weighted by molar-refractivity contribution is -0.133. The van der Waals surface area contributed by atoms with Gasteiger partial charge in [0.2, 0.25) is 17.7 Å². The predicted molar refractivity (Wildman–Crippen MR) is 101 cm³/mol. The molecular formula is C20H27N3O3. The van der Waals surface area contributed by atoms with Crippen LogP contribution in [0.1, 0.15) is 51.9 Å². The Bertz CT molecular complexity index is 671. The molecule has 26 heavy (non-hydrogen) atoms. The van der Waals surface area contributed by atoms with Crippen LogP contribution in [-0.2, 0) is 14.4 Å². The average molecular weight is 357 g/mol. The van der Waals surface area contributed by atoms with Crippen molar-refractivity contribution in [2.75, 3.05) is 23.3 Å². The quantitative estimate of drug-likeness (QED) is 0.851. The maximum Gasteiger partial charge on any atom is 0.227 e. The number of carbonyl (C=O) groups is 3. The maximum atomic E-state index is 12.1. The normalized spacial score (nSPS) is 20.6. The van der Waals surface area contributed by atoms with Crippen LogP contribution in [-0.4, -0.2) is 41.8 Å². The zero-order valence-corrected chi connectivity index (χ0v) is 15.4. The monoisotopic (exact) mass is 357 g/mol. The lowest BCUT2D eigenvalue weighted by atomic mass is 10.1. The van der Waals surface area contributed by atoms with Gasteiger partial charge in [-0.05, 0) is 56.9 Å². The number of nitrogens with one attached hydrogen (secondary N) is 1. The summed E-state index contributed by atoms with van der Waals surface area (Å²) in [6, 6.07) is 7.64. The van der Waals surface area contributed by atoms with Crippen molar-refractivity contribution in [3.8, 4) is 0 Å². The molecule has 2 heterocycles. The van der Waals surface area contributed by atoms with Gasteiger partial charge >= 0.3 is 0 Å². The summed E-state index contributed by atoms with van der Waals surface area (Å²) in [5.41, 5.74) is 1.61. The highest BCUT2D eigenvalue weighted by molar-refractivity contribution is 5.96. The van der Waals surface area contributed by atoms with Gasteiger partial charge in [-0.1, -0.05) is 0 Å². The van der Waals surface area contributed by atoms with Crippen molar-refractivity contribution in [1.29, 1.82) is 0 Å². The van der Waals surface area contributed by atoms with Gasteiger partial charge in [0.15, 0.2) is 0 Å².